The van der Waals surface area contributed by atoms with E-state index in [0.717, 1.165) is 0 Å². The average Bonchev–Trinajstić information content (AvgIpc) is 1.91. The van der Waals surface area contributed by atoms with Gasteiger partial charge in [-0.1, -0.05) is 21.0 Å². The molecule has 0 bridgehead atoms. The van der Waals surface area contributed by atoms with Crippen molar-refractivity contribution in [1.82, 2.24) is 0 Å². The molecule has 4 nitrogen and oxygen atoms in total. The van der Waals surface area contributed by atoms with E-state index in [0.29, 0.717) is 11.9 Å². The number of hydrogen-bond donors (Lipinski definition) is 0. The molecule has 0 aliphatic heterocycles. The molecule has 0 aliphatic rings. The molecule has 1 unspecified atom stereocenters. The molecule has 0 heterocycles. The van der Waals surface area contributed by atoms with Crippen LogP contribution in [0.4, 0.5) is 0 Å². The summed E-state index contributed by atoms with van der Waals surface area (Å²) in [5.74, 6) is 0. The van der Waals surface area contributed by atoms with Gasteiger partial charge in [-0.3, -0.25) is 0 Å². The van der Waals surface area contributed by atoms with Gasteiger partial charge in [0.05, 0.1) is 12.6 Å². The molecule has 0 spiro atoms. The standard InChI is InChI=1S/C4H8BrN3O/c1-9-4(2-5)3-7-8-6/h4H,2-3H2,1H3. The Morgan fingerprint density at radius 1 is 1.89 bits per heavy atom. The lowest BCUT2D eigenvalue weighted by atomic mass is 10.4. The number of azide groups is 1. The number of alkyl halides is 1. The average molecular weight is 194 g/mol. The van der Waals surface area contributed by atoms with Crippen LogP contribution in [0.1, 0.15) is 0 Å². The minimum absolute atomic E-state index is 0.000833. The third-order valence-corrected chi connectivity index (χ3v) is 1.58. The maximum atomic E-state index is 7.89. The van der Waals surface area contributed by atoms with Crippen LogP contribution in [0.3, 0.4) is 0 Å². The lowest BCUT2D eigenvalue weighted by molar-refractivity contribution is 0.130. The Morgan fingerprint density at radius 3 is 2.89 bits per heavy atom. The Labute approximate surface area is 61.9 Å². The van der Waals surface area contributed by atoms with Crippen molar-refractivity contribution in [2.75, 3.05) is 19.0 Å². The molecule has 0 N–H and O–H groups in total. The largest absolute Gasteiger partial charge is 0.380 e. The highest BCUT2D eigenvalue weighted by Gasteiger charge is 2.00. The molecule has 0 fully saturated rings. The van der Waals surface area contributed by atoms with Crippen LogP contribution in [-0.4, -0.2) is 25.1 Å². The van der Waals surface area contributed by atoms with Crippen LogP contribution in [0.5, 0.6) is 0 Å². The maximum Gasteiger partial charge on any atom is 0.0724 e. The van der Waals surface area contributed by atoms with E-state index in [1.807, 2.05) is 0 Å². The van der Waals surface area contributed by atoms with Crippen molar-refractivity contribution in [2.45, 2.75) is 6.10 Å². The second-order valence-electron chi connectivity index (χ2n) is 1.43. The fourth-order valence-electron chi connectivity index (χ4n) is 0.314. The first-order valence-electron chi connectivity index (χ1n) is 2.44. The van der Waals surface area contributed by atoms with Gasteiger partial charge in [0, 0.05) is 17.4 Å². The molecule has 0 saturated heterocycles. The number of nitrogens with zero attached hydrogens (tertiary/aromatic N) is 3. The zero-order chi connectivity index (χ0) is 7.11. The summed E-state index contributed by atoms with van der Waals surface area (Å²) in [5.41, 5.74) is 7.89. The van der Waals surface area contributed by atoms with Crippen molar-refractivity contribution in [3.63, 3.8) is 0 Å². The van der Waals surface area contributed by atoms with Gasteiger partial charge in [-0.15, -0.1) is 0 Å². The molecule has 0 amide bonds. The first kappa shape index (κ1) is 8.75. The minimum atomic E-state index is 0.000833. The quantitative estimate of drug-likeness (QED) is 0.291. The number of ether oxygens (including phenoxy) is 1. The van der Waals surface area contributed by atoms with E-state index in [-0.39, 0.29) is 6.10 Å². The van der Waals surface area contributed by atoms with Gasteiger partial charge in [0.2, 0.25) is 0 Å². The molecule has 9 heavy (non-hydrogen) atoms. The summed E-state index contributed by atoms with van der Waals surface area (Å²) < 4.78 is 4.89. The molecule has 0 aromatic carbocycles. The highest BCUT2D eigenvalue weighted by Crippen LogP contribution is 1.95. The lowest BCUT2D eigenvalue weighted by Crippen LogP contribution is -2.15. The molecule has 5 heteroatoms. The summed E-state index contributed by atoms with van der Waals surface area (Å²) in [6.45, 7) is 0.387. The van der Waals surface area contributed by atoms with Crippen molar-refractivity contribution in [2.24, 2.45) is 5.11 Å². The molecule has 52 valence electrons. The summed E-state index contributed by atoms with van der Waals surface area (Å²) >= 11 is 3.20. The highest BCUT2D eigenvalue weighted by molar-refractivity contribution is 9.09. The van der Waals surface area contributed by atoms with E-state index in [1.165, 1.54) is 0 Å². The van der Waals surface area contributed by atoms with Gasteiger partial charge in [-0.2, -0.15) is 0 Å². The van der Waals surface area contributed by atoms with E-state index in [1.54, 1.807) is 7.11 Å². The summed E-state index contributed by atoms with van der Waals surface area (Å²) in [4.78, 5) is 2.60. The summed E-state index contributed by atoms with van der Waals surface area (Å²) in [5, 5.41) is 4.04. The molecule has 0 aliphatic carbocycles. The fraction of sp³-hybridized carbons (Fsp3) is 1.00. The number of halogens is 1. The van der Waals surface area contributed by atoms with E-state index in [4.69, 9.17) is 10.3 Å². The molecule has 0 aromatic rings. The minimum Gasteiger partial charge on any atom is -0.380 e. The Kier molecular flexibility index (Phi) is 5.72. The van der Waals surface area contributed by atoms with Gasteiger partial charge >= 0.3 is 0 Å². The van der Waals surface area contributed by atoms with Crippen molar-refractivity contribution < 1.29 is 4.74 Å². The van der Waals surface area contributed by atoms with Crippen LogP contribution >= 0.6 is 15.9 Å². The molecule has 0 rings (SSSR count). The SMILES string of the molecule is COC(CBr)CN=[N+]=[N-]. The topological polar surface area (TPSA) is 58.0 Å². The summed E-state index contributed by atoms with van der Waals surface area (Å²) in [6.07, 6.45) is 0.000833. The van der Waals surface area contributed by atoms with Gasteiger partial charge in [-0.05, 0) is 5.53 Å². The molecule has 0 aromatic heterocycles. The first-order chi connectivity index (χ1) is 4.35. The normalized spacial score (nSPS) is 12.2. The van der Waals surface area contributed by atoms with E-state index in [2.05, 4.69) is 26.0 Å². The first-order valence-corrected chi connectivity index (χ1v) is 3.57. The zero-order valence-electron chi connectivity index (χ0n) is 5.12. The van der Waals surface area contributed by atoms with E-state index >= 15 is 0 Å². The summed E-state index contributed by atoms with van der Waals surface area (Å²) in [6, 6.07) is 0. The Morgan fingerprint density at radius 2 is 2.56 bits per heavy atom. The van der Waals surface area contributed by atoms with Gasteiger partial charge in [0.15, 0.2) is 0 Å². The van der Waals surface area contributed by atoms with Crippen molar-refractivity contribution in [3.05, 3.63) is 10.4 Å². The second kappa shape index (κ2) is 5.88. The highest BCUT2D eigenvalue weighted by atomic mass is 79.9. The maximum absolute atomic E-state index is 7.89. The fourth-order valence-corrected chi connectivity index (χ4v) is 0.783. The van der Waals surface area contributed by atoms with Crippen LogP contribution in [-0.2, 0) is 4.74 Å². The van der Waals surface area contributed by atoms with Crippen LogP contribution in [0, 0.1) is 0 Å². The van der Waals surface area contributed by atoms with E-state index < -0.39 is 0 Å². The van der Waals surface area contributed by atoms with Crippen molar-refractivity contribution in [3.8, 4) is 0 Å². The third-order valence-electron chi connectivity index (χ3n) is 0.854. The van der Waals surface area contributed by atoms with Gasteiger partial charge in [0.25, 0.3) is 0 Å². The molecular formula is C4H8BrN3O. The number of rotatable bonds is 4. The number of methoxy groups -OCH3 is 1. The van der Waals surface area contributed by atoms with Crippen LogP contribution in [0.2, 0.25) is 0 Å². The lowest BCUT2D eigenvalue weighted by Gasteiger charge is -2.06. The molecule has 1 atom stereocenters. The van der Waals surface area contributed by atoms with Crippen molar-refractivity contribution >= 4 is 15.9 Å². The second-order valence-corrected chi connectivity index (χ2v) is 2.07. The summed E-state index contributed by atoms with van der Waals surface area (Å²) in [7, 11) is 1.58. The zero-order valence-corrected chi connectivity index (χ0v) is 6.71. The molecule has 0 saturated carbocycles. The van der Waals surface area contributed by atoms with Crippen molar-refractivity contribution in [1.29, 1.82) is 0 Å². The van der Waals surface area contributed by atoms with Crippen LogP contribution in [0.25, 0.3) is 10.4 Å². The smallest absolute Gasteiger partial charge is 0.0724 e. The van der Waals surface area contributed by atoms with Gasteiger partial charge < -0.3 is 4.74 Å². The van der Waals surface area contributed by atoms with Gasteiger partial charge in [0.1, 0.15) is 0 Å². The Bertz CT molecular complexity index is 108. The van der Waals surface area contributed by atoms with Crippen LogP contribution < -0.4 is 0 Å². The van der Waals surface area contributed by atoms with Gasteiger partial charge in [-0.25, -0.2) is 0 Å². The predicted molar refractivity (Wildman–Crippen MR) is 38.6 cm³/mol. The third kappa shape index (κ3) is 4.27. The monoisotopic (exact) mass is 193 g/mol. The Hall–Kier alpha value is -0.250. The van der Waals surface area contributed by atoms with Crippen LogP contribution in [0.15, 0.2) is 5.11 Å². The van der Waals surface area contributed by atoms with E-state index in [9.17, 15) is 0 Å². The molecule has 0 radical (unpaired) electrons. The number of hydrogen-bond acceptors (Lipinski definition) is 2. The molecular weight excluding hydrogens is 186 g/mol. The Balaban J connectivity index is 3.42. The predicted octanol–water partition coefficient (Wildman–Crippen LogP) is 1.71.